The molecule has 1 amide bonds. The van der Waals surface area contributed by atoms with Crippen LogP contribution in [0.15, 0.2) is 69.6 Å². The van der Waals surface area contributed by atoms with Gasteiger partial charge in [-0.3, -0.25) is 14.4 Å². The minimum Gasteiger partial charge on any atom is -0.487 e. The van der Waals surface area contributed by atoms with Crippen molar-refractivity contribution >= 4 is 113 Å². The van der Waals surface area contributed by atoms with E-state index in [1.807, 2.05) is 57.2 Å². The molecule has 0 bridgehead atoms. The van der Waals surface area contributed by atoms with Crippen LogP contribution in [0.3, 0.4) is 0 Å². The third-order valence-electron chi connectivity index (χ3n) is 6.80. The van der Waals surface area contributed by atoms with Crippen molar-refractivity contribution < 1.29 is 34.1 Å². The molecule has 0 aromatic heterocycles. The summed E-state index contributed by atoms with van der Waals surface area (Å²) in [5.41, 5.74) is 4.80. The first-order chi connectivity index (χ1) is 25.0. The Morgan fingerprint density at radius 1 is 0.698 bits per heavy atom. The van der Waals surface area contributed by atoms with Gasteiger partial charge in [-0.15, -0.1) is 0 Å². The quantitative estimate of drug-likeness (QED) is 0.0693. The van der Waals surface area contributed by atoms with Gasteiger partial charge < -0.3 is 35.6 Å². The molecular formula is C37H37Br2Cl4N3O7. The molecular weight excluding hydrogens is 900 g/mol. The van der Waals surface area contributed by atoms with E-state index in [2.05, 4.69) is 47.8 Å². The minimum atomic E-state index is -1.19. The summed E-state index contributed by atoms with van der Waals surface area (Å²) in [6.07, 6.45) is -0.229. The number of anilines is 3. The van der Waals surface area contributed by atoms with Crippen LogP contribution in [0.5, 0.6) is 11.5 Å². The molecule has 284 valence electrons. The van der Waals surface area contributed by atoms with Crippen molar-refractivity contribution in [1.82, 2.24) is 0 Å². The lowest BCUT2D eigenvalue weighted by Gasteiger charge is -2.15. The Bertz CT molecular complexity index is 1890. The molecule has 0 aliphatic carbocycles. The van der Waals surface area contributed by atoms with Crippen molar-refractivity contribution in [2.45, 2.75) is 59.3 Å². The number of rotatable bonds is 16. The summed E-state index contributed by atoms with van der Waals surface area (Å²) in [5, 5.41) is 28.4. The van der Waals surface area contributed by atoms with Crippen LogP contribution in [0.1, 0.15) is 50.3 Å². The topological polar surface area (TPSA) is 146 Å². The van der Waals surface area contributed by atoms with Crippen LogP contribution in [-0.4, -0.2) is 40.6 Å². The third-order valence-corrected chi connectivity index (χ3v) is 8.97. The number of aliphatic carboxylic acids is 2. The van der Waals surface area contributed by atoms with E-state index in [0.717, 1.165) is 34.6 Å². The summed E-state index contributed by atoms with van der Waals surface area (Å²) in [5.74, 6) is -1.75. The molecule has 4 aromatic rings. The lowest BCUT2D eigenvalue weighted by atomic mass is 10.1. The zero-order valence-corrected chi connectivity index (χ0v) is 35.0. The first-order valence-electron chi connectivity index (χ1n) is 16.1. The molecule has 0 unspecified atom stereocenters. The number of amides is 1. The Labute approximate surface area is 344 Å². The van der Waals surface area contributed by atoms with Crippen LogP contribution in [-0.2, 0) is 34.0 Å². The van der Waals surface area contributed by atoms with Gasteiger partial charge in [0.2, 0.25) is 5.91 Å². The second-order valence-electron chi connectivity index (χ2n) is 11.8. The summed E-state index contributed by atoms with van der Waals surface area (Å²) >= 11 is 31.6. The van der Waals surface area contributed by atoms with Gasteiger partial charge in [-0.1, -0.05) is 46.4 Å². The highest BCUT2D eigenvalue weighted by Crippen LogP contribution is 2.38. The molecule has 0 heterocycles. The van der Waals surface area contributed by atoms with Crippen molar-refractivity contribution in [2.24, 2.45) is 0 Å². The third kappa shape index (κ3) is 15.5. The average molecular weight is 937 g/mol. The lowest BCUT2D eigenvalue weighted by molar-refractivity contribution is -0.140. The van der Waals surface area contributed by atoms with E-state index in [-0.39, 0.29) is 25.7 Å². The molecule has 16 heteroatoms. The number of carbonyl (C=O) groups is 3. The second kappa shape index (κ2) is 21.5. The van der Waals surface area contributed by atoms with Gasteiger partial charge in [0, 0.05) is 46.1 Å². The highest BCUT2D eigenvalue weighted by molar-refractivity contribution is 9.11. The van der Waals surface area contributed by atoms with E-state index in [0.29, 0.717) is 52.6 Å². The van der Waals surface area contributed by atoms with Crippen molar-refractivity contribution in [1.29, 1.82) is 0 Å². The lowest BCUT2D eigenvalue weighted by Crippen LogP contribution is -2.16. The number of hydrogen-bond acceptors (Lipinski definition) is 7. The highest BCUT2D eigenvalue weighted by Gasteiger charge is 2.14. The van der Waals surface area contributed by atoms with Crippen molar-refractivity contribution in [3.63, 3.8) is 0 Å². The molecule has 0 saturated heterocycles. The summed E-state index contributed by atoms with van der Waals surface area (Å²) < 4.78 is 12.9. The first kappa shape index (κ1) is 44.0. The Hall–Kier alpha value is -3.39. The van der Waals surface area contributed by atoms with Gasteiger partial charge in [0.05, 0.1) is 19.0 Å². The molecule has 0 spiro atoms. The van der Waals surface area contributed by atoms with Gasteiger partial charge >= 0.3 is 11.9 Å². The maximum atomic E-state index is 11.6. The molecule has 4 rings (SSSR count). The van der Waals surface area contributed by atoms with Crippen molar-refractivity contribution in [3.05, 3.63) is 106 Å². The standard InChI is InChI=1S/C19H19Br2ClN2O4.C18H18Cl3NO3/c1-10(2)23-13-4-11(3-12(22)5-13)9-28-19-15(20)6-14(7-16(19)21)24-17(25)8-18(26)27;1-2-22-14-6-12(5-13(19)9-14)10-25-18-15(20)7-11(8-16(18)21)3-4-17(23)24/h3-7,10,23H,8-9H2,1-2H3,(H,24,25)(H,26,27);5-9,22H,2-4,10H2,1H3,(H,23,24). The molecule has 4 aromatic carbocycles. The molecule has 0 aliphatic heterocycles. The molecule has 0 aliphatic rings. The van der Waals surface area contributed by atoms with Gasteiger partial charge in [0.1, 0.15) is 25.4 Å². The van der Waals surface area contributed by atoms with Crippen LogP contribution in [0.2, 0.25) is 20.1 Å². The Balaban J connectivity index is 0.000000287. The Morgan fingerprint density at radius 2 is 1.23 bits per heavy atom. The second-order valence-corrected chi connectivity index (χ2v) is 15.2. The number of hydrogen-bond donors (Lipinski definition) is 5. The van der Waals surface area contributed by atoms with Crippen LogP contribution < -0.4 is 25.4 Å². The Morgan fingerprint density at radius 3 is 1.74 bits per heavy atom. The SMILES string of the molecule is CC(C)Nc1cc(Cl)cc(COc2c(Br)cc(NC(=O)CC(=O)O)cc2Br)c1.CCNc1cc(Cl)cc(COc2c(Cl)cc(CCC(=O)O)cc2Cl)c1. The number of halogens is 6. The predicted molar refractivity (Wildman–Crippen MR) is 220 cm³/mol. The fraction of sp³-hybridized carbons (Fsp3) is 0.270. The number of carboxylic acids is 2. The fourth-order valence-corrected chi connectivity index (χ4v) is 7.33. The van der Waals surface area contributed by atoms with Crippen molar-refractivity contribution in [3.8, 4) is 11.5 Å². The normalized spacial score (nSPS) is 10.6. The van der Waals surface area contributed by atoms with Crippen LogP contribution in [0.25, 0.3) is 0 Å². The minimum absolute atomic E-state index is 0.0164. The summed E-state index contributed by atoms with van der Waals surface area (Å²) in [7, 11) is 0. The molecule has 0 radical (unpaired) electrons. The molecule has 5 N–H and O–H groups in total. The molecule has 0 fully saturated rings. The highest BCUT2D eigenvalue weighted by atomic mass is 79.9. The number of carbonyl (C=O) groups excluding carboxylic acids is 1. The first-order valence-corrected chi connectivity index (χ1v) is 19.2. The average Bonchev–Trinajstić information content (AvgIpc) is 3.02. The molecule has 53 heavy (non-hydrogen) atoms. The number of benzene rings is 4. The summed E-state index contributed by atoms with van der Waals surface area (Å²) in [6, 6.07) is 18.2. The van der Waals surface area contributed by atoms with E-state index < -0.39 is 24.3 Å². The van der Waals surface area contributed by atoms with E-state index in [1.165, 1.54) is 0 Å². The smallest absolute Gasteiger partial charge is 0.312 e. The summed E-state index contributed by atoms with van der Waals surface area (Å²) in [6.45, 7) is 7.42. The van der Waals surface area contributed by atoms with Crippen LogP contribution in [0, 0.1) is 0 Å². The van der Waals surface area contributed by atoms with E-state index in [4.69, 9.17) is 66.1 Å². The zero-order valence-electron chi connectivity index (χ0n) is 28.8. The van der Waals surface area contributed by atoms with Crippen molar-refractivity contribution in [2.75, 3.05) is 22.5 Å². The van der Waals surface area contributed by atoms with E-state index in [9.17, 15) is 14.4 Å². The largest absolute Gasteiger partial charge is 0.487 e. The predicted octanol–water partition coefficient (Wildman–Crippen LogP) is 11.4. The van der Waals surface area contributed by atoms with Crippen LogP contribution >= 0.6 is 78.3 Å². The number of carboxylic acid groups (broad SMARTS) is 2. The van der Waals surface area contributed by atoms with Gasteiger partial charge in [0.15, 0.2) is 5.75 Å². The maximum absolute atomic E-state index is 11.6. The molecule has 0 atom stereocenters. The Kier molecular flexibility index (Phi) is 17.8. The zero-order chi connectivity index (χ0) is 39.2. The molecule has 10 nitrogen and oxygen atoms in total. The van der Waals surface area contributed by atoms with E-state index >= 15 is 0 Å². The van der Waals surface area contributed by atoms with E-state index in [1.54, 1.807) is 24.3 Å². The van der Waals surface area contributed by atoms with Gasteiger partial charge in [-0.2, -0.15) is 0 Å². The number of ether oxygens (including phenoxy) is 2. The van der Waals surface area contributed by atoms with Gasteiger partial charge in [-0.05, 0) is 136 Å². The van der Waals surface area contributed by atoms with Gasteiger partial charge in [-0.25, -0.2) is 0 Å². The maximum Gasteiger partial charge on any atom is 0.312 e. The summed E-state index contributed by atoms with van der Waals surface area (Å²) in [4.78, 5) is 32.9. The number of nitrogens with one attached hydrogen (secondary N) is 3. The van der Waals surface area contributed by atoms with Crippen LogP contribution in [0.4, 0.5) is 17.1 Å². The fourth-order valence-electron chi connectivity index (χ4n) is 4.76. The number of aryl methyl sites for hydroxylation is 1. The van der Waals surface area contributed by atoms with Gasteiger partial charge in [0.25, 0.3) is 0 Å². The monoisotopic (exact) mass is 933 g/mol. The molecule has 0 saturated carbocycles.